The fourth-order valence-electron chi connectivity index (χ4n) is 3.48. The molecule has 0 unspecified atom stereocenters. The molecule has 0 aromatic rings. The molecule has 4 nitrogen and oxygen atoms in total. The summed E-state index contributed by atoms with van der Waals surface area (Å²) in [6, 6.07) is 0. The Kier molecular flexibility index (Phi) is 6.87. The molecule has 2 aliphatic heterocycles. The Morgan fingerprint density at radius 3 is 2.56 bits per heavy atom. The minimum absolute atomic E-state index is 0.0991. The largest absolute Gasteiger partial charge is 0.466 e. The highest BCUT2D eigenvalue weighted by Gasteiger charge is 2.45. The smallest absolute Gasteiger partial charge is 0.330 e. The van der Waals surface area contributed by atoms with Crippen molar-refractivity contribution in [3.63, 3.8) is 0 Å². The minimum Gasteiger partial charge on any atom is -0.466 e. The average molecular weight is 346 g/mol. The van der Waals surface area contributed by atoms with E-state index in [9.17, 15) is 4.79 Å². The molecule has 2 rings (SSSR count). The van der Waals surface area contributed by atoms with Gasteiger partial charge in [-0.25, -0.2) is 4.79 Å². The van der Waals surface area contributed by atoms with Crippen molar-refractivity contribution in [2.75, 3.05) is 7.11 Å². The molecule has 0 aromatic heterocycles. The van der Waals surface area contributed by atoms with Crippen LogP contribution in [-0.2, 0) is 19.0 Å². The molecule has 138 valence electrons. The molecule has 0 saturated carbocycles. The van der Waals surface area contributed by atoms with Crippen molar-refractivity contribution < 1.29 is 19.0 Å². The second kappa shape index (κ2) is 8.69. The number of allylic oxidation sites excluding steroid dienone is 2. The van der Waals surface area contributed by atoms with Crippen molar-refractivity contribution in [1.29, 1.82) is 0 Å². The summed E-state index contributed by atoms with van der Waals surface area (Å²) in [4.78, 5) is 11.2. The van der Waals surface area contributed by atoms with Crippen LogP contribution in [0, 0.1) is 24.2 Å². The second-order valence-corrected chi connectivity index (χ2v) is 7.34. The number of ether oxygens (including phenoxy) is 3. The summed E-state index contributed by atoms with van der Waals surface area (Å²) in [5, 5.41) is 0. The van der Waals surface area contributed by atoms with Gasteiger partial charge < -0.3 is 14.2 Å². The molecule has 0 aliphatic carbocycles. The fourth-order valence-corrected chi connectivity index (χ4v) is 3.48. The zero-order valence-corrected chi connectivity index (χ0v) is 15.8. The van der Waals surface area contributed by atoms with Crippen LogP contribution >= 0.6 is 0 Å². The standard InChI is InChI=1S/C21H30O4/c1-6-18-16(3)11-13-21(24-18)14-12-17(4)19(25-21)9-7-15(2)8-10-20(22)23-5/h1,7-8,10,16-19H,9,11-14H2,2-5H3/b10-8+,15-7+/t16-,17-,18-,19+,21-/m0/s1. The van der Waals surface area contributed by atoms with E-state index in [1.54, 1.807) is 6.08 Å². The van der Waals surface area contributed by atoms with Gasteiger partial charge in [-0.3, -0.25) is 0 Å². The summed E-state index contributed by atoms with van der Waals surface area (Å²) in [5.74, 6) is 2.74. The van der Waals surface area contributed by atoms with Gasteiger partial charge in [0.15, 0.2) is 5.79 Å². The van der Waals surface area contributed by atoms with Gasteiger partial charge in [0.05, 0.1) is 13.2 Å². The molecule has 0 aromatic carbocycles. The summed E-state index contributed by atoms with van der Waals surface area (Å²) in [5.41, 5.74) is 1.01. The van der Waals surface area contributed by atoms with E-state index in [0.717, 1.165) is 37.7 Å². The summed E-state index contributed by atoms with van der Waals surface area (Å²) >= 11 is 0. The highest BCUT2D eigenvalue weighted by molar-refractivity contribution is 5.82. The lowest BCUT2D eigenvalue weighted by Crippen LogP contribution is -2.51. The van der Waals surface area contributed by atoms with Crippen LogP contribution < -0.4 is 0 Å². The van der Waals surface area contributed by atoms with Gasteiger partial charge >= 0.3 is 5.97 Å². The number of terminal acetylenes is 1. The summed E-state index contributed by atoms with van der Waals surface area (Å²) < 4.78 is 17.2. The predicted octanol–water partition coefficient (Wildman–Crippen LogP) is 4.01. The van der Waals surface area contributed by atoms with Crippen molar-refractivity contribution in [3.05, 3.63) is 23.8 Å². The quantitative estimate of drug-likeness (QED) is 0.334. The number of rotatable bonds is 4. The molecule has 2 aliphatic rings. The molecule has 4 heteroatoms. The lowest BCUT2D eigenvalue weighted by Gasteiger charge is -2.48. The third kappa shape index (κ3) is 5.20. The summed E-state index contributed by atoms with van der Waals surface area (Å²) in [7, 11) is 1.37. The van der Waals surface area contributed by atoms with Crippen LogP contribution in [0.15, 0.2) is 23.8 Å². The lowest BCUT2D eigenvalue weighted by molar-refractivity contribution is -0.321. The third-order valence-corrected chi connectivity index (χ3v) is 5.34. The van der Waals surface area contributed by atoms with Gasteiger partial charge in [0.2, 0.25) is 0 Å². The highest BCUT2D eigenvalue weighted by atomic mass is 16.7. The first-order valence-electron chi connectivity index (χ1n) is 9.13. The van der Waals surface area contributed by atoms with E-state index in [0.29, 0.717) is 11.8 Å². The van der Waals surface area contributed by atoms with E-state index in [1.165, 1.54) is 13.2 Å². The first kappa shape index (κ1) is 19.8. The molecule has 0 amide bonds. The summed E-state index contributed by atoms with van der Waals surface area (Å²) in [6.07, 6.45) is 15.6. The zero-order chi connectivity index (χ0) is 18.4. The van der Waals surface area contributed by atoms with Crippen LogP contribution in [-0.4, -0.2) is 31.1 Å². The van der Waals surface area contributed by atoms with E-state index in [-0.39, 0.29) is 18.2 Å². The van der Waals surface area contributed by atoms with Crippen LogP contribution in [0.1, 0.15) is 52.9 Å². The summed E-state index contributed by atoms with van der Waals surface area (Å²) in [6.45, 7) is 6.32. The molecule has 5 atom stereocenters. The molecular weight excluding hydrogens is 316 g/mol. The SMILES string of the molecule is C#C[C@@H]1O[C@]2(CC[C@@H]1C)CC[C@H](C)[C@@H](C/C=C(C)/C=C/C(=O)OC)O2. The maximum atomic E-state index is 11.2. The molecule has 0 radical (unpaired) electrons. The number of carbonyl (C=O) groups excluding carboxylic acids is 1. The van der Waals surface area contributed by atoms with Crippen LogP contribution in [0.25, 0.3) is 0 Å². The number of esters is 1. The molecule has 25 heavy (non-hydrogen) atoms. The molecule has 0 bridgehead atoms. The van der Waals surface area contributed by atoms with E-state index in [2.05, 4.69) is 30.6 Å². The number of hydrogen-bond donors (Lipinski definition) is 0. The van der Waals surface area contributed by atoms with Crippen molar-refractivity contribution in [2.45, 2.75) is 70.9 Å². The van der Waals surface area contributed by atoms with Gasteiger partial charge in [0, 0.05) is 18.9 Å². The second-order valence-electron chi connectivity index (χ2n) is 7.34. The molecular formula is C21H30O4. The average Bonchev–Trinajstić information content (AvgIpc) is 2.62. The molecule has 0 N–H and O–H groups in total. The van der Waals surface area contributed by atoms with Gasteiger partial charge in [0.1, 0.15) is 6.10 Å². The normalized spacial score (nSPS) is 36.4. The number of methoxy groups -OCH3 is 1. The maximum Gasteiger partial charge on any atom is 0.330 e. The van der Waals surface area contributed by atoms with Gasteiger partial charge in [-0.2, -0.15) is 0 Å². The van der Waals surface area contributed by atoms with Crippen LogP contribution in [0.3, 0.4) is 0 Å². The van der Waals surface area contributed by atoms with Crippen LogP contribution in [0.2, 0.25) is 0 Å². The maximum absolute atomic E-state index is 11.2. The highest BCUT2D eigenvalue weighted by Crippen LogP contribution is 2.43. The first-order chi connectivity index (χ1) is 11.9. The Morgan fingerprint density at radius 2 is 1.92 bits per heavy atom. The van der Waals surface area contributed by atoms with Crippen LogP contribution in [0.5, 0.6) is 0 Å². The molecule has 2 fully saturated rings. The van der Waals surface area contributed by atoms with E-state index in [4.69, 9.17) is 15.9 Å². The van der Waals surface area contributed by atoms with Crippen molar-refractivity contribution in [3.8, 4) is 12.3 Å². The molecule has 2 saturated heterocycles. The van der Waals surface area contributed by atoms with Crippen molar-refractivity contribution in [2.24, 2.45) is 11.8 Å². The minimum atomic E-state index is -0.523. The zero-order valence-electron chi connectivity index (χ0n) is 15.8. The number of hydrogen-bond acceptors (Lipinski definition) is 4. The molecule has 2 heterocycles. The Bertz CT molecular complexity index is 567. The van der Waals surface area contributed by atoms with E-state index >= 15 is 0 Å². The van der Waals surface area contributed by atoms with Crippen LogP contribution in [0.4, 0.5) is 0 Å². The van der Waals surface area contributed by atoms with E-state index < -0.39 is 5.79 Å². The molecule has 1 spiro atoms. The Hall–Kier alpha value is -1.57. The van der Waals surface area contributed by atoms with Crippen molar-refractivity contribution >= 4 is 5.97 Å². The predicted molar refractivity (Wildman–Crippen MR) is 97.6 cm³/mol. The van der Waals surface area contributed by atoms with Gasteiger partial charge in [-0.1, -0.05) is 37.5 Å². The monoisotopic (exact) mass is 346 g/mol. The van der Waals surface area contributed by atoms with Gasteiger partial charge in [-0.05, 0) is 38.0 Å². The Morgan fingerprint density at radius 1 is 1.24 bits per heavy atom. The topological polar surface area (TPSA) is 44.8 Å². The van der Waals surface area contributed by atoms with Gasteiger partial charge in [-0.15, -0.1) is 6.42 Å². The van der Waals surface area contributed by atoms with Crippen molar-refractivity contribution in [1.82, 2.24) is 0 Å². The van der Waals surface area contributed by atoms with E-state index in [1.807, 2.05) is 6.92 Å². The van der Waals surface area contributed by atoms with Gasteiger partial charge in [0.25, 0.3) is 0 Å². The first-order valence-corrected chi connectivity index (χ1v) is 9.13. The Balaban J connectivity index is 2.00. The lowest BCUT2D eigenvalue weighted by atomic mass is 9.84. The number of carbonyl (C=O) groups is 1. The Labute approximate surface area is 151 Å². The third-order valence-electron chi connectivity index (χ3n) is 5.34. The fraction of sp³-hybridized carbons (Fsp3) is 0.667.